The van der Waals surface area contributed by atoms with Gasteiger partial charge in [-0.25, -0.2) is 4.79 Å². The molecule has 112 valence electrons. The highest BCUT2D eigenvalue weighted by Crippen LogP contribution is 2.24. The van der Waals surface area contributed by atoms with Gasteiger partial charge in [0.05, 0.1) is 13.5 Å². The summed E-state index contributed by atoms with van der Waals surface area (Å²) in [6.07, 6.45) is 1.91. The van der Waals surface area contributed by atoms with Crippen molar-refractivity contribution >= 4 is 22.8 Å². The molecule has 1 heterocycles. The number of carbonyl (C=O) groups excluding carboxylic acids is 1. The number of ether oxygens (including phenoxy) is 1. The summed E-state index contributed by atoms with van der Waals surface area (Å²) in [5, 5.41) is 9.85. The van der Waals surface area contributed by atoms with E-state index in [-0.39, 0.29) is 12.3 Å². The van der Waals surface area contributed by atoms with Crippen LogP contribution in [0.3, 0.4) is 0 Å². The molecule has 6 nitrogen and oxygen atoms in total. The summed E-state index contributed by atoms with van der Waals surface area (Å²) >= 11 is 0. The van der Waals surface area contributed by atoms with Crippen LogP contribution in [0.2, 0.25) is 0 Å². The number of H-pyrrole nitrogens is 1. The Balaban J connectivity index is 2.23. The molecule has 2 N–H and O–H groups in total. The van der Waals surface area contributed by atoms with Gasteiger partial charge in [0.15, 0.2) is 0 Å². The van der Waals surface area contributed by atoms with E-state index >= 15 is 0 Å². The highest BCUT2D eigenvalue weighted by atomic mass is 16.5. The molecule has 2 aromatic rings. The van der Waals surface area contributed by atoms with Gasteiger partial charge in [0, 0.05) is 24.1 Å². The summed E-state index contributed by atoms with van der Waals surface area (Å²) in [5.41, 5.74) is 1.73. The third kappa shape index (κ3) is 2.99. The number of likely N-dealkylation sites (N-methyl/N-ethyl adjacent to an activating group) is 1. The first-order valence-corrected chi connectivity index (χ1v) is 6.56. The average molecular weight is 290 g/mol. The number of rotatable bonds is 5. The number of benzene rings is 1. The number of hydrogen-bond acceptors (Lipinski definition) is 3. The lowest BCUT2D eigenvalue weighted by molar-refractivity contribution is -0.147. The molecular formula is C15H18N2O4. The Morgan fingerprint density at radius 2 is 2.14 bits per heavy atom. The van der Waals surface area contributed by atoms with Crippen LogP contribution in [-0.2, 0) is 16.0 Å². The van der Waals surface area contributed by atoms with Crippen molar-refractivity contribution in [1.29, 1.82) is 0 Å². The van der Waals surface area contributed by atoms with Gasteiger partial charge in [0.2, 0.25) is 5.91 Å². The molecule has 0 bridgehead atoms. The van der Waals surface area contributed by atoms with Gasteiger partial charge in [-0.1, -0.05) is 0 Å². The van der Waals surface area contributed by atoms with E-state index in [4.69, 9.17) is 9.84 Å². The molecule has 0 spiro atoms. The lowest BCUT2D eigenvalue weighted by atomic mass is 10.1. The number of fused-ring (bicyclic) bond motifs is 1. The highest BCUT2D eigenvalue weighted by molar-refractivity contribution is 5.91. The Hall–Kier alpha value is -2.50. The highest BCUT2D eigenvalue weighted by Gasteiger charge is 2.22. The zero-order valence-electron chi connectivity index (χ0n) is 12.2. The van der Waals surface area contributed by atoms with Crippen LogP contribution in [0, 0.1) is 0 Å². The van der Waals surface area contributed by atoms with Gasteiger partial charge >= 0.3 is 5.97 Å². The number of carboxylic acid groups (broad SMARTS) is 1. The quantitative estimate of drug-likeness (QED) is 0.877. The molecule has 0 radical (unpaired) electrons. The lowest BCUT2D eigenvalue weighted by Gasteiger charge is -2.21. The minimum absolute atomic E-state index is 0.140. The predicted molar refractivity (Wildman–Crippen MR) is 78.4 cm³/mol. The van der Waals surface area contributed by atoms with Crippen LogP contribution < -0.4 is 4.74 Å². The van der Waals surface area contributed by atoms with E-state index in [1.165, 1.54) is 18.9 Å². The minimum atomic E-state index is -1.02. The van der Waals surface area contributed by atoms with E-state index in [0.717, 1.165) is 16.5 Å². The molecule has 1 unspecified atom stereocenters. The van der Waals surface area contributed by atoms with Gasteiger partial charge in [-0.05, 0) is 30.7 Å². The topological polar surface area (TPSA) is 82.6 Å². The molecule has 1 amide bonds. The number of nitrogens with one attached hydrogen (secondary N) is 1. The molecule has 1 aromatic carbocycles. The summed E-state index contributed by atoms with van der Waals surface area (Å²) in [5.74, 6) is -0.553. The van der Waals surface area contributed by atoms with Gasteiger partial charge in [0.25, 0.3) is 0 Å². The fourth-order valence-corrected chi connectivity index (χ4v) is 2.10. The van der Waals surface area contributed by atoms with E-state index in [1.54, 1.807) is 13.3 Å². The number of aliphatic carboxylic acids is 1. The first-order chi connectivity index (χ1) is 9.93. The van der Waals surface area contributed by atoms with Gasteiger partial charge in [-0.3, -0.25) is 4.79 Å². The normalized spacial score (nSPS) is 12.1. The van der Waals surface area contributed by atoms with E-state index in [1.807, 2.05) is 18.2 Å². The van der Waals surface area contributed by atoms with Crippen molar-refractivity contribution in [1.82, 2.24) is 9.88 Å². The number of aromatic amines is 1. The Morgan fingerprint density at radius 1 is 1.43 bits per heavy atom. The molecule has 6 heteroatoms. The Labute approximate surface area is 122 Å². The molecule has 0 aliphatic carbocycles. The molecule has 1 atom stereocenters. The number of aromatic nitrogens is 1. The summed E-state index contributed by atoms with van der Waals surface area (Å²) < 4.78 is 5.18. The van der Waals surface area contributed by atoms with E-state index in [0.29, 0.717) is 5.75 Å². The Bertz CT molecular complexity index is 677. The maximum absolute atomic E-state index is 12.2. The fourth-order valence-electron chi connectivity index (χ4n) is 2.10. The zero-order valence-corrected chi connectivity index (χ0v) is 12.2. The van der Waals surface area contributed by atoms with Crippen LogP contribution in [-0.4, -0.2) is 47.1 Å². The third-order valence-corrected chi connectivity index (χ3v) is 3.65. The summed E-state index contributed by atoms with van der Waals surface area (Å²) in [6.45, 7) is 1.48. The maximum Gasteiger partial charge on any atom is 0.326 e. The van der Waals surface area contributed by atoms with Gasteiger partial charge in [-0.2, -0.15) is 0 Å². The van der Waals surface area contributed by atoms with Crippen molar-refractivity contribution in [3.8, 4) is 5.75 Å². The summed E-state index contributed by atoms with van der Waals surface area (Å²) in [4.78, 5) is 27.4. The van der Waals surface area contributed by atoms with Crippen LogP contribution in [0.25, 0.3) is 10.9 Å². The second kappa shape index (κ2) is 5.87. The number of nitrogens with zero attached hydrogens (tertiary/aromatic N) is 1. The molecule has 0 saturated carbocycles. The van der Waals surface area contributed by atoms with Crippen molar-refractivity contribution in [2.75, 3.05) is 14.2 Å². The third-order valence-electron chi connectivity index (χ3n) is 3.65. The molecule has 0 aliphatic heterocycles. The molecule has 0 saturated heterocycles. The Kier molecular flexibility index (Phi) is 4.16. The second-order valence-corrected chi connectivity index (χ2v) is 4.92. The maximum atomic E-state index is 12.2. The summed E-state index contributed by atoms with van der Waals surface area (Å²) in [6, 6.07) is 4.72. The second-order valence-electron chi connectivity index (χ2n) is 4.92. The first kappa shape index (κ1) is 14.9. The SMILES string of the molecule is COc1ccc2[nH]cc(CC(=O)N(C)C(C)C(=O)O)c2c1. The molecule has 0 aliphatic rings. The molecule has 21 heavy (non-hydrogen) atoms. The molecule has 1 aromatic heterocycles. The van der Waals surface area contributed by atoms with Crippen molar-refractivity contribution < 1.29 is 19.4 Å². The fraction of sp³-hybridized carbons (Fsp3) is 0.333. The van der Waals surface area contributed by atoms with E-state index in [2.05, 4.69) is 4.98 Å². The number of amides is 1. The smallest absolute Gasteiger partial charge is 0.326 e. The number of hydrogen-bond donors (Lipinski definition) is 2. The zero-order chi connectivity index (χ0) is 15.6. The predicted octanol–water partition coefficient (Wildman–Crippen LogP) is 1.65. The minimum Gasteiger partial charge on any atom is -0.497 e. The van der Waals surface area contributed by atoms with Gasteiger partial charge in [-0.15, -0.1) is 0 Å². The van der Waals surface area contributed by atoms with Crippen LogP contribution in [0.4, 0.5) is 0 Å². The largest absolute Gasteiger partial charge is 0.497 e. The van der Waals surface area contributed by atoms with E-state index in [9.17, 15) is 9.59 Å². The monoisotopic (exact) mass is 290 g/mol. The number of methoxy groups -OCH3 is 1. The molecular weight excluding hydrogens is 272 g/mol. The van der Waals surface area contributed by atoms with Crippen LogP contribution in [0.15, 0.2) is 24.4 Å². The summed E-state index contributed by atoms with van der Waals surface area (Å²) in [7, 11) is 3.08. The first-order valence-electron chi connectivity index (χ1n) is 6.56. The van der Waals surface area contributed by atoms with Crippen molar-refractivity contribution in [2.24, 2.45) is 0 Å². The average Bonchev–Trinajstić information content (AvgIpc) is 2.87. The number of carboxylic acids is 1. The van der Waals surface area contributed by atoms with Gasteiger partial charge in [0.1, 0.15) is 11.8 Å². The van der Waals surface area contributed by atoms with Crippen molar-refractivity contribution in [2.45, 2.75) is 19.4 Å². The van der Waals surface area contributed by atoms with Crippen LogP contribution >= 0.6 is 0 Å². The standard InChI is InChI=1S/C15H18N2O4/c1-9(15(19)20)17(2)14(18)6-10-8-16-13-5-4-11(21-3)7-12(10)13/h4-5,7-9,16H,6H2,1-3H3,(H,19,20). The van der Waals surface area contributed by atoms with E-state index < -0.39 is 12.0 Å². The van der Waals surface area contributed by atoms with Crippen LogP contribution in [0.5, 0.6) is 5.75 Å². The van der Waals surface area contributed by atoms with Gasteiger partial charge < -0.3 is 19.7 Å². The van der Waals surface area contributed by atoms with Crippen molar-refractivity contribution in [3.05, 3.63) is 30.0 Å². The molecule has 2 rings (SSSR count). The number of carbonyl (C=O) groups is 2. The van der Waals surface area contributed by atoms with Crippen LogP contribution in [0.1, 0.15) is 12.5 Å². The Morgan fingerprint density at radius 3 is 2.76 bits per heavy atom. The van der Waals surface area contributed by atoms with Crippen molar-refractivity contribution in [3.63, 3.8) is 0 Å². The lowest BCUT2D eigenvalue weighted by Crippen LogP contribution is -2.40. The molecule has 0 fully saturated rings.